The predicted octanol–water partition coefficient (Wildman–Crippen LogP) is 3.88. The number of piperazine rings is 1. The highest BCUT2D eigenvalue weighted by Gasteiger charge is 2.28. The number of carbonyl (C=O) groups is 1. The number of hydrogen-bond acceptors (Lipinski definition) is 7. The van der Waals surface area contributed by atoms with E-state index in [1.165, 1.54) is 30.6 Å². The van der Waals surface area contributed by atoms with E-state index in [0.717, 1.165) is 89.5 Å². The van der Waals surface area contributed by atoms with E-state index in [-0.39, 0.29) is 11.3 Å². The molecule has 0 bridgehead atoms. The Hall–Kier alpha value is -2.39. The zero-order chi connectivity index (χ0) is 24.0. The number of amides is 1. The Balaban J connectivity index is 1.28. The second-order valence-corrected chi connectivity index (χ2v) is 11.7. The van der Waals surface area contributed by atoms with Crippen molar-refractivity contribution in [1.29, 1.82) is 0 Å². The van der Waals surface area contributed by atoms with E-state index in [0.29, 0.717) is 0 Å². The molecule has 3 aromatic rings. The monoisotopic (exact) mass is 481 g/mol. The molecular formula is C25H35N7OS. The number of hydrogen-bond donors (Lipinski definition) is 0. The van der Waals surface area contributed by atoms with Gasteiger partial charge in [0.15, 0.2) is 0 Å². The fourth-order valence-corrected chi connectivity index (χ4v) is 6.19. The summed E-state index contributed by atoms with van der Waals surface area (Å²) in [5.74, 6) is 3.15. The number of fused-ring (bicyclic) bond motifs is 2. The Morgan fingerprint density at radius 1 is 0.971 bits per heavy atom. The van der Waals surface area contributed by atoms with Crippen molar-refractivity contribution in [2.45, 2.75) is 78.8 Å². The molecular weight excluding hydrogens is 446 g/mol. The van der Waals surface area contributed by atoms with Crippen molar-refractivity contribution >= 4 is 27.5 Å². The normalized spacial score (nSPS) is 17.7. The van der Waals surface area contributed by atoms with E-state index in [2.05, 4.69) is 40.4 Å². The van der Waals surface area contributed by atoms with E-state index in [1.54, 1.807) is 0 Å². The molecule has 0 aromatic carbocycles. The van der Waals surface area contributed by atoms with Crippen LogP contribution in [0.15, 0.2) is 0 Å². The first-order valence-corrected chi connectivity index (χ1v) is 13.2. The van der Waals surface area contributed by atoms with Crippen LogP contribution in [0.5, 0.6) is 0 Å². The van der Waals surface area contributed by atoms with Crippen molar-refractivity contribution in [2.75, 3.05) is 26.2 Å². The van der Waals surface area contributed by atoms with E-state index in [4.69, 9.17) is 9.97 Å². The van der Waals surface area contributed by atoms with Gasteiger partial charge in [-0.3, -0.25) is 9.69 Å². The lowest BCUT2D eigenvalue weighted by molar-refractivity contribution is 0.0628. The Kier molecular flexibility index (Phi) is 6.18. The predicted molar refractivity (Wildman–Crippen MR) is 134 cm³/mol. The van der Waals surface area contributed by atoms with Crippen molar-refractivity contribution < 1.29 is 4.79 Å². The summed E-state index contributed by atoms with van der Waals surface area (Å²) in [5.41, 5.74) is 1.84. The minimum Gasteiger partial charge on any atom is -0.335 e. The highest BCUT2D eigenvalue weighted by molar-refractivity contribution is 7.20. The van der Waals surface area contributed by atoms with E-state index in [1.807, 2.05) is 18.7 Å². The van der Waals surface area contributed by atoms with Crippen LogP contribution in [0, 0.1) is 13.8 Å². The Labute approximate surface area is 205 Å². The molecule has 5 rings (SSSR count). The van der Waals surface area contributed by atoms with Crippen LogP contribution in [0.4, 0.5) is 0 Å². The summed E-state index contributed by atoms with van der Waals surface area (Å²) < 4.78 is 2.32. The molecule has 8 nitrogen and oxygen atoms in total. The van der Waals surface area contributed by atoms with Gasteiger partial charge in [0.2, 0.25) is 0 Å². The van der Waals surface area contributed by atoms with Gasteiger partial charge in [0, 0.05) is 49.9 Å². The smallest absolute Gasteiger partial charge is 0.264 e. The average molecular weight is 482 g/mol. The third-order valence-corrected chi connectivity index (χ3v) is 8.22. The van der Waals surface area contributed by atoms with Gasteiger partial charge < -0.3 is 9.47 Å². The van der Waals surface area contributed by atoms with Crippen molar-refractivity contribution in [2.24, 2.45) is 0 Å². The fraction of sp³-hybridized carbons (Fsp3) is 0.640. The van der Waals surface area contributed by atoms with Gasteiger partial charge in [-0.25, -0.2) is 9.97 Å². The number of thiophene rings is 1. The Morgan fingerprint density at radius 2 is 1.74 bits per heavy atom. The lowest BCUT2D eigenvalue weighted by Crippen LogP contribution is -2.48. The summed E-state index contributed by atoms with van der Waals surface area (Å²) in [6, 6.07) is 0. The third kappa shape index (κ3) is 4.35. The standard InChI is InChI=1S/C25H35N7OS/c1-16-20-17(2)26-24(25(3,4)5)27-22(20)34-21(16)23(33)31-13-11-30(12-14-31)15-19-29-28-18-9-7-6-8-10-32(18)19/h6-15H2,1-5H3. The average Bonchev–Trinajstić information content (AvgIpc) is 3.23. The van der Waals surface area contributed by atoms with Gasteiger partial charge in [-0.05, 0) is 32.3 Å². The molecule has 34 heavy (non-hydrogen) atoms. The fourth-order valence-electron chi connectivity index (χ4n) is 4.99. The molecule has 1 fully saturated rings. The molecule has 0 aliphatic carbocycles. The third-order valence-electron chi connectivity index (χ3n) is 7.05. The number of aryl methyl sites for hydroxylation is 3. The maximum Gasteiger partial charge on any atom is 0.264 e. The molecule has 0 spiro atoms. The van der Waals surface area contributed by atoms with Crippen LogP contribution in [0.1, 0.15) is 78.4 Å². The van der Waals surface area contributed by atoms with Gasteiger partial charge in [-0.2, -0.15) is 0 Å². The van der Waals surface area contributed by atoms with Crippen LogP contribution in [0.2, 0.25) is 0 Å². The lowest BCUT2D eigenvalue weighted by Gasteiger charge is -2.34. The maximum atomic E-state index is 13.5. The van der Waals surface area contributed by atoms with Crippen molar-refractivity contribution in [3.8, 4) is 0 Å². The van der Waals surface area contributed by atoms with E-state index < -0.39 is 0 Å². The van der Waals surface area contributed by atoms with Crippen LogP contribution in [-0.4, -0.2) is 66.6 Å². The summed E-state index contributed by atoms with van der Waals surface area (Å²) >= 11 is 1.51. The van der Waals surface area contributed by atoms with Gasteiger partial charge >= 0.3 is 0 Å². The van der Waals surface area contributed by atoms with Gasteiger partial charge in [-0.1, -0.05) is 27.2 Å². The van der Waals surface area contributed by atoms with Gasteiger partial charge in [0.1, 0.15) is 22.3 Å². The number of aromatic nitrogens is 5. The minimum absolute atomic E-state index is 0.119. The second kappa shape index (κ2) is 9.00. The van der Waals surface area contributed by atoms with E-state index in [9.17, 15) is 4.79 Å². The summed E-state index contributed by atoms with van der Waals surface area (Å²) in [4.78, 5) is 29.2. The zero-order valence-corrected chi connectivity index (χ0v) is 21.8. The topological polar surface area (TPSA) is 80.0 Å². The van der Waals surface area contributed by atoms with Gasteiger partial charge in [0.25, 0.3) is 5.91 Å². The van der Waals surface area contributed by atoms with Crippen molar-refractivity contribution in [1.82, 2.24) is 34.5 Å². The highest BCUT2D eigenvalue weighted by Crippen LogP contribution is 2.34. The van der Waals surface area contributed by atoms with Crippen LogP contribution in [0.25, 0.3) is 10.2 Å². The first-order valence-electron chi connectivity index (χ1n) is 12.4. The Morgan fingerprint density at radius 3 is 2.47 bits per heavy atom. The largest absolute Gasteiger partial charge is 0.335 e. The molecule has 2 aliphatic rings. The molecule has 0 saturated carbocycles. The molecule has 182 valence electrons. The zero-order valence-electron chi connectivity index (χ0n) is 21.0. The molecule has 1 saturated heterocycles. The molecule has 0 unspecified atom stereocenters. The summed E-state index contributed by atoms with van der Waals surface area (Å²) in [5, 5.41) is 9.95. The van der Waals surface area contributed by atoms with Gasteiger partial charge in [0.05, 0.1) is 17.1 Å². The number of carbonyl (C=O) groups excluding carboxylic acids is 1. The molecule has 0 N–H and O–H groups in total. The first kappa shape index (κ1) is 23.4. The summed E-state index contributed by atoms with van der Waals surface area (Å²) in [7, 11) is 0. The number of rotatable bonds is 3. The molecule has 2 aliphatic heterocycles. The number of nitrogens with zero attached hydrogens (tertiary/aromatic N) is 7. The molecule has 0 atom stereocenters. The second-order valence-electron chi connectivity index (χ2n) is 10.7. The molecule has 1 amide bonds. The molecule has 0 radical (unpaired) electrons. The highest BCUT2D eigenvalue weighted by atomic mass is 32.1. The quantitative estimate of drug-likeness (QED) is 0.565. The van der Waals surface area contributed by atoms with Crippen LogP contribution < -0.4 is 0 Å². The first-order chi connectivity index (χ1) is 16.2. The SMILES string of the molecule is Cc1nc(C(C)(C)C)nc2sc(C(=O)N3CCN(Cc4nnc5n4CCCCC5)CC3)c(C)c12. The van der Waals surface area contributed by atoms with E-state index >= 15 is 0 Å². The minimum atomic E-state index is -0.125. The van der Waals surface area contributed by atoms with Crippen LogP contribution in [-0.2, 0) is 24.9 Å². The molecule has 9 heteroatoms. The van der Waals surface area contributed by atoms with Crippen molar-refractivity contribution in [3.05, 3.63) is 33.6 Å². The van der Waals surface area contributed by atoms with Crippen LogP contribution in [0.3, 0.4) is 0 Å². The van der Waals surface area contributed by atoms with Gasteiger partial charge in [-0.15, -0.1) is 21.5 Å². The summed E-state index contributed by atoms with van der Waals surface area (Å²) in [6.07, 6.45) is 4.71. The molecule has 5 heterocycles. The maximum absolute atomic E-state index is 13.5. The molecule has 3 aromatic heterocycles. The Bertz CT molecular complexity index is 1210. The van der Waals surface area contributed by atoms with Crippen LogP contribution >= 0.6 is 11.3 Å². The summed E-state index contributed by atoms with van der Waals surface area (Å²) in [6.45, 7) is 15.4. The van der Waals surface area contributed by atoms with Crippen molar-refractivity contribution in [3.63, 3.8) is 0 Å². The lowest BCUT2D eigenvalue weighted by atomic mass is 9.95.